The fourth-order valence-electron chi connectivity index (χ4n) is 1.95. The average molecular weight is 262 g/mol. The molecule has 0 bridgehead atoms. The Morgan fingerprint density at radius 2 is 1.84 bits per heavy atom. The van der Waals surface area contributed by atoms with Gasteiger partial charge in [-0.3, -0.25) is 0 Å². The molecule has 0 fully saturated rings. The van der Waals surface area contributed by atoms with Crippen LogP contribution in [0.1, 0.15) is 19.2 Å². The third-order valence-electron chi connectivity index (χ3n) is 2.86. The quantitative estimate of drug-likeness (QED) is 0.632. The molecule has 0 aliphatic rings. The number of nitrogens with two attached hydrogens (primary N) is 1. The summed E-state index contributed by atoms with van der Waals surface area (Å²) in [4.78, 5) is 8.91. The van der Waals surface area contributed by atoms with Crippen molar-refractivity contribution in [1.29, 1.82) is 0 Å². The van der Waals surface area contributed by atoms with Gasteiger partial charge in [-0.2, -0.15) is 0 Å². The van der Waals surface area contributed by atoms with Crippen LogP contribution >= 0.6 is 0 Å². The third-order valence-corrected chi connectivity index (χ3v) is 2.86. The zero-order valence-electron chi connectivity index (χ0n) is 11.4. The summed E-state index contributed by atoms with van der Waals surface area (Å²) < 4.78 is 10.6. The van der Waals surface area contributed by atoms with Crippen LogP contribution < -0.4 is 20.7 Å². The molecular weight excluding hydrogens is 244 g/mol. The summed E-state index contributed by atoms with van der Waals surface area (Å²) in [6.45, 7) is 2.08. The van der Waals surface area contributed by atoms with Gasteiger partial charge >= 0.3 is 0 Å². The molecule has 102 valence electrons. The zero-order valence-corrected chi connectivity index (χ0v) is 11.4. The Hall–Kier alpha value is -2.08. The van der Waals surface area contributed by atoms with Crippen molar-refractivity contribution in [1.82, 2.24) is 9.97 Å². The fraction of sp³-hybridized carbons (Fsp3) is 0.385. The molecule has 0 aliphatic carbocycles. The largest absolute Gasteiger partial charge is 0.493 e. The van der Waals surface area contributed by atoms with Gasteiger partial charge in [-0.25, -0.2) is 15.8 Å². The van der Waals surface area contributed by atoms with E-state index in [0.29, 0.717) is 17.3 Å². The Morgan fingerprint density at radius 1 is 1.16 bits per heavy atom. The summed E-state index contributed by atoms with van der Waals surface area (Å²) in [5.74, 6) is 8.14. The van der Waals surface area contributed by atoms with Gasteiger partial charge in [-0.15, -0.1) is 0 Å². The molecule has 0 amide bonds. The maximum absolute atomic E-state index is 5.53. The van der Waals surface area contributed by atoms with E-state index in [2.05, 4.69) is 22.3 Å². The predicted molar refractivity (Wildman–Crippen MR) is 74.4 cm³/mol. The highest BCUT2D eigenvalue weighted by molar-refractivity contribution is 5.91. The van der Waals surface area contributed by atoms with Gasteiger partial charge in [-0.05, 0) is 12.5 Å². The SMILES string of the molecule is CCCc1nc(NN)c2cc(OC)c(OC)cc2n1. The van der Waals surface area contributed by atoms with E-state index in [0.717, 1.165) is 29.6 Å². The van der Waals surface area contributed by atoms with E-state index < -0.39 is 0 Å². The minimum Gasteiger partial charge on any atom is -0.493 e. The lowest BCUT2D eigenvalue weighted by Crippen LogP contribution is -2.11. The summed E-state index contributed by atoms with van der Waals surface area (Å²) in [7, 11) is 3.19. The van der Waals surface area contributed by atoms with Gasteiger partial charge in [-0.1, -0.05) is 6.92 Å². The van der Waals surface area contributed by atoms with Gasteiger partial charge in [0.2, 0.25) is 0 Å². The molecule has 0 radical (unpaired) electrons. The van der Waals surface area contributed by atoms with E-state index in [1.807, 2.05) is 12.1 Å². The molecule has 0 atom stereocenters. The van der Waals surface area contributed by atoms with Crippen LogP contribution in [0.25, 0.3) is 10.9 Å². The van der Waals surface area contributed by atoms with Crippen LogP contribution in [0.5, 0.6) is 11.5 Å². The minimum absolute atomic E-state index is 0.592. The number of aryl methyl sites for hydroxylation is 1. The molecule has 6 heteroatoms. The van der Waals surface area contributed by atoms with Crippen molar-refractivity contribution < 1.29 is 9.47 Å². The number of nitrogens with one attached hydrogen (secondary N) is 1. The average Bonchev–Trinajstić information content (AvgIpc) is 2.45. The van der Waals surface area contributed by atoms with Crippen LogP contribution in [-0.4, -0.2) is 24.2 Å². The molecule has 1 heterocycles. The number of nitrogen functional groups attached to an aromatic ring is 1. The van der Waals surface area contributed by atoms with Gasteiger partial charge < -0.3 is 14.9 Å². The topological polar surface area (TPSA) is 82.3 Å². The van der Waals surface area contributed by atoms with E-state index >= 15 is 0 Å². The Morgan fingerprint density at radius 3 is 2.42 bits per heavy atom. The maximum atomic E-state index is 5.53. The lowest BCUT2D eigenvalue weighted by molar-refractivity contribution is 0.356. The first-order chi connectivity index (χ1) is 9.23. The normalized spacial score (nSPS) is 10.5. The number of nitrogens with zero attached hydrogens (tertiary/aromatic N) is 2. The second-order valence-corrected chi connectivity index (χ2v) is 4.11. The second kappa shape index (κ2) is 5.71. The van der Waals surface area contributed by atoms with Crippen LogP contribution in [-0.2, 0) is 6.42 Å². The summed E-state index contributed by atoms with van der Waals surface area (Å²) >= 11 is 0. The van der Waals surface area contributed by atoms with Crippen molar-refractivity contribution >= 4 is 16.7 Å². The molecular formula is C13H18N4O2. The molecule has 0 saturated carbocycles. The summed E-state index contributed by atoms with van der Waals surface area (Å²) in [6.07, 6.45) is 1.78. The lowest BCUT2D eigenvalue weighted by Gasteiger charge is -2.12. The van der Waals surface area contributed by atoms with Crippen molar-refractivity contribution in [3.63, 3.8) is 0 Å². The number of anilines is 1. The van der Waals surface area contributed by atoms with Gasteiger partial charge in [0, 0.05) is 17.9 Å². The van der Waals surface area contributed by atoms with Crippen LogP contribution in [0, 0.1) is 0 Å². The first kappa shape index (κ1) is 13.4. The van der Waals surface area contributed by atoms with Gasteiger partial charge in [0.25, 0.3) is 0 Å². The lowest BCUT2D eigenvalue weighted by atomic mass is 10.2. The van der Waals surface area contributed by atoms with E-state index in [-0.39, 0.29) is 0 Å². The van der Waals surface area contributed by atoms with E-state index in [4.69, 9.17) is 15.3 Å². The van der Waals surface area contributed by atoms with Gasteiger partial charge in [0.05, 0.1) is 19.7 Å². The van der Waals surface area contributed by atoms with E-state index in [1.165, 1.54) is 0 Å². The Balaban J connectivity index is 2.67. The summed E-state index contributed by atoms with van der Waals surface area (Å²) in [5, 5.41) is 0.806. The smallest absolute Gasteiger partial charge is 0.162 e. The Bertz CT molecular complexity index is 586. The van der Waals surface area contributed by atoms with Gasteiger partial charge in [0.15, 0.2) is 17.3 Å². The maximum Gasteiger partial charge on any atom is 0.162 e. The highest BCUT2D eigenvalue weighted by Crippen LogP contribution is 2.33. The molecule has 0 aliphatic heterocycles. The van der Waals surface area contributed by atoms with Crippen molar-refractivity contribution in [2.45, 2.75) is 19.8 Å². The zero-order chi connectivity index (χ0) is 13.8. The third kappa shape index (κ3) is 2.53. The van der Waals surface area contributed by atoms with Crippen LogP contribution in [0.15, 0.2) is 12.1 Å². The number of ether oxygens (including phenoxy) is 2. The van der Waals surface area contributed by atoms with Crippen LogP contribution in [0.4, 0.5) is 5.82 Å². The molecule has 6 nitrogen and oxygen atoms in total. The first-order valence-electron chi connectivity index (χ1n) is 6.12. The van der Waals surface area contributed by atoms with Crippen molar-refractivity contribution in [3.8, 4) is 11.5 Å². The van der Waals surface area contributed by atoms with Crippen LogP contribution in [0.3, 0.4) is 0 Å². The Labute approximate surface area is 111 Å². The molecule has 2 aromatic rings. The highest BCUT2D eigenvalue weighted by Gasteiger charge is 2.12. The fourth-order valence-corrected chi connectivity index (χ4v) is 1.95. The van der Waals surface area contributed by atoms with Gasteiger partial charge in [0.1, 0.15) is 5.82 Å². The molecule has 2 rings (SSSR count). The summed E-state index contributed by atoms with van der Waals surface area (Å²) in [5.41, 5.74) is 3.39. The monoisotopic (exact) mass is 262 g/mol. The minimum atomic E-state index is 0.592. The van der Waals surface area contributed by atoms with E-state index in [1.54, 1.807) is 14.2 Å². The number of hydrogen-bond acceptors (Lipinski definition) is 6. The molecule has 0 unspecified atom stereocenters. The van der Waals surface area contributed by atoms with Crippen LogP contribution in [0.2, 0.25) is 0 Å². The number of benzene rings is 1. The number of hydrazine groups is 1. The molecule has 1 aromatic heterocycles. The number of methoxy groups -OCH3 is 2. The van der Waals surface area contributed by atoms with Crippen molar-refractivity contribution in [2.24, 2.45) is 5.84 Å². The predicted octanol–water partition coefficient (Wildman–Crippen LogP) is 1.89. The molecule has 19 heavy (non-hydrogen) atoms. The van der Waals surface area contributed by atoms with E-state index in [9.17, 15) is 0 Å². The molecule has 1 aromatic carbocycles. The number of rotatable bonds is 5. The molecule has 3 N–H and O–H groups in total. The number of fused-ring (bicyclic) bond motifs is 1. The van der Waals surface area contributed by atoms with Crippen molar-refractivity contribution in [2.75, 3.05) is 19.6 Å². The first-order valence-corrected chi connectivity index (χ1v) is 6.12. The molecule has 0 saturated heterocycles. The molecule has 0 spiro atoms. The Kier molecular flexibility index (Phi) is 4.01. The highest BCUT2D eigenvalue weighted by atomic mass is 16.5. The summed E-state index contributed by atoms with van der Waals surface area (Å²) in [6, 6.07) is 3.65. The number of hydrogen-bond donors (Lipinski definition) is 2. The van der Waals surface area contributed by atoms with Crippen molar-refractivity contribution in [3.05, 3.63) is 18.0 Å². The second-order valence-electron chi connectivity index (χ2n) is 4.11. The standard InChI is InChI=1S/C13H18N4O2/c1-4-5-12-15-9-7-11(19-3)10(18-2)6-8(9)13(16-12)17-14/h6-7H,4-5,14H2,1-3H3,(H,15,16,17). The number of aromatic nitrogens is 2.